The van der Waals surface area contributed by atoms with Gasteiger partial charge in [-0.05, 0) is 31.5 Å². The number of nitrogens with zero attached hydrogens (tertiary/aromatic N) is 2. The molecule has 24 heavy (non-hydrogen) atoms. The maximum Gasteiger partial charge on any atom is 0.317 e. The van der Waals surface area contributed by atoms with Crippen molar-refractivity contribution in [1.82, 2.24) is 15.2 Å². The molecule has 2 N–H and O–H groups in total. The summed E-state index contributed by atoms with van der Waals surface area (Å²) in [4.78, 5) is 29.4. The second-order valence-corrected chi connectivity index (χ2v) is 6.66. The standard InChI is InChI=1S/C17H22N4O2S/c1-11-10-24-16(18-11)9-21(4)17(23)19-12(2)14-6-5-7-15(8-14)20-13(3)22/h5-8,10,12H,9H2,1-4H3,(H,19,23)(H,20,22)/t12-/m1/s1. The van der Waals surface area contributed by atoms with Gasteiger partial charge in [-0.2, -0.15) is 0 Å². The predicted molar refractivity (Wildman–Crippen MR) is 96.0 cm³/mol. The van der Waals surface area contributed by atoms with Gasteiger partial charge in [0.1, 0.15) is 5.01 Å². The number of nitrogens with one attached hydrogen (secondary N) is 2. The molecular formula is C17H22N4O2S. The van der Waals surface area contributed by atoms with Gasteiger partial charge in [-0.15, -0.1) is 11.3 Å². The minimum atomic E-state index is -0.174. The smallest absolute Gasteiger partial charge is 0.317 e. The molecule has 0 unspecified atom stereocenters. The van der Waals surface area contributed by atoms with Crippen LogP contribution in [0.15, 0.2) is 29.6 Å². The third kappa shape index (κ3) is 5.06. The summed E-state index contributed by atoms with van der Waals surface area (Å²) in [5.74, 6) is -0.123. The molecule has 1 atom stereocenters. The molecule has 0 saturated heterocycles. The van der Waals surface area contributed by atoms with Crippen molar-refractivity contribution < 1.29 is 9.59 Å². The Morgan fingerprint density at radius 3 is 2.75 bits per heavy atom. The fraction of sp³-hybridized carbons (Fsp3) is 0.353. The monoisotopic (exact) mass is 346 g/mol. The van der Waals surface area contributed by atoms with Gasteiger partial charge in [-0.25, -0.2) is 9.78 Å². The van der Waals surface area contributed by atoms with Crippen LogP contribution in [0.1, 0.15) is 36.2 Å². The zero-order valence-corrected chi connectivity index (χ0v) is 15.1. The van der Waals surface area contributed by atoms with Gasteiger partial charge in [-0.1, -0.05) is 12.1 Å². The number of carbonyl (C=O) groups is 2. The van der Waals surface area contributed by atoms with Crippen LogP contribution in [-0.2, 0) is 11.3 Å². The Morgan fingerprint density at radius 1 is 1.38 bits per heavy atom. The highest BCUT2D eigenvalue weighted by Gasteiger charge is 2.15. The van der Waals surface area contributed by atoms with Crippen molar-refractivity contribution in [2.75, 3.05) is 12.4 Å². The lowest BCUT2D eigenvalue weighted by atomic mass is 10.1. The lowest BCUT2D eigenvalue weighted by Crippen LogP contribution is -2.38. The van der Waals surface area contributed by atoms with E-state index in [0.717, 1.165) is 16.3 Å². The molecule has 0 saturated carbocycles. The SMILES string of the molecule is CC(=O)Nc1cccc([C@@H](C)NC(=O)N(C)Cc2nc(C)cs2)c1. The number of anilines is 1. The summed E-state index contributed by atoms with van der Waals surface area (Å²) in [7, 11) is 1.74. The maximum absolute atomic E-state index is 12.3. The number of rotatable bonds is 5. The van der Waals surface area contributed by atoms with E-state index in [1.54, 1.807) is 23.3 Å². The summed E-state index contributed by atoms with van der Waals surface area (Å²) < 4.78 is 0. The summed E-state index contributed by atoms with van der Waals surface area (Å²) in [5.41, 5.74) is 2.60. The van der Waals surface area contributed by atoms with Crippen LogP contribution in [-0.4, -0.2) is 28.9 Å². The van der Waals surface area contributed by atoms with E-state index < -0.39 is 0 Å². The molecule has 0 spiro atoms. The van der Waals surface area contributed by atoms with E-state index in [-0.39, 0.29) is 18.0 Å². The highest BCUT2D eigenvalue weighted by Crippen LogP contribution is 2.18. The van der Waals surface area contributed by atoms with Crippen LogP contribution in [0.25, 0.3) is 0 Å². The van der Waals surface area contributed by atoms with Crippen molar-refractivity contribution >= 4 is 29.0 Å². The molecule has 0 radical (unpaired) electrons. The summed E-state index contributed by atoms with van der Waals surface area (Å²) in [6.07, 6.45) is 0. The number of aryl methyl sites for hydroxylation is 1. The molecule has 1 heterocycles. The Balaban J connectivity index is 1.96. The zero-order valence-electron chi connectivity index (χ0n) is 14.3. The molecule has 1 aromatic carbocycles. The number of amides is 3. The van der Waals surface area contributed by atoms with Crippen molar-refractivity contribution in [1.29, 1.82) is 0 Å². The molecule has 0 aliphatic carbocycles. The number of hydrogen-bond acceptors (Lipinski definition) is 4. The molecule has 2 rings (SSSR count). The average molecular weight is 346 g/mol. The Labute approximate surface area is 145 Å². The molecule has 2 aromatic rings. The number of hydrogen-bond donors (Lipinski definition) is 2. The molecule has 3 amide bonds. The highest BCUT2D eigenvalue weighted by molar-refractivity contribution is 7.09. The zero-order chi connectivity index (χ0) is 17.7. The van der Waals surface area contributed by atoms with Gasteiger partial charge in [-0.3, -0.25) is 4.79 Å². The molecule has 0 aliphatic heterocycles. The largest absolute Gasteiger partial charge is 0.331 e. The first kappa shape index (κ1) is 17.9. The third-order valence-corrected chi connectivity index (χ3v) is 4.38. The van der Waals surface area contributed by atoms with Gasteiger partial charge in [0, 0.05) is 30.7 Å². The van der Waals surface area contributed by atoms with Crippen molar-refractivity contribution in [3.63, 3.8) is 0 Å². The second-order valence-electron chi connectivity index (χ2n) is 5.72. The molecule has 0 aliphatic rings. The van der Waals surface area contributed by atoms with Crippen LogP contribution in [0.4, 0.5) is 10.5 Å². The van der Waals surface area contributed by atoms with Gasteiger partial charge in [0.25, 0.3) is 0 Å². The third-order valence-electron chi connectivity index (χ3n) is 3.43. The summed E-state index contributed by atoms with van der Waals surface area (Å²) in [5, 5.41) is 8.57. The van der Waals surface area contributed by atoms with E-state index in [0.29, 0.717) is 12.2 Å². The van der Waals surface area contributed by atoms with Gasteiger partial charge in [0.2, 0.25) is 5.91 Å². The first-order valence-electron chi connectivity index (χ1n) is 7.65. The Kier molecular flexibility index (Phi) is 5.92. The summed E-state index contributed by atoms with van der Waals surface area (Å²) in [6, 6.07) is 7.10. The van der Waals surface area contributed by atoms with E-state index in [4.69, 9.17) is 0 Å². The van der Waals surface area contributed by atoms with E-state index in [1.165, 1.54) is 6.92 Å². The van der Waals surface area contributed by atoms with E-state index in [1.807, 2.05) is 43.5 Å². The number of carbonyl (C=O) groups excluding carboxylic acids is 2. The molecule has 128 valence electrons. The number of benzene rings is 1. The Bertz CT molecular complexity index is 729. The topological polar surface area (TPSA) is 74.3 Å². The molecule has 1 aromatic heterocycles. The van der Waals surface area contributed by atoms with E-state index in [9.17, 15) is 9.59 Å². The van der Waals surface area contributed by atoms with Gasteiger partial charge in [0.05, 0.1) is 12.6 Å². The van der Waals surface area contributed by atoms with Gasteiger partial charge < -0.3 is 15.5 Å². The van der Waals surface area contributed by atoms with Crippen LogP contribution in [0.2, 0.25) is 0 Å². The maximum atomic E-state index is 12.3. The molecule has 0 fully saturated rings. The molecule has 0 bridgehead atoms. The van der Waals surface area contributed by atoms with Crippen molar-refractivity contribution in [3.8, 4) is 0 Å². The van der Waals surface area contributed by atoms with Gasteiger partial charge in [0.15, 0.2) is 0 Å². The van der Waals surface area contributed by atoms with Crippen LogP contribution >= 0.6 is 11.3 Å². The van der Waals surface area contributed by atoms with Crippen molar-refractivity contribution in [3.05, 3.63) is 45.9 Å². The lowest BCUT2D eigenvalue weighted by Gasteiger charge is -2.21. The molecule has 6 nitrogen and oxygen atoms in total. The fourth-order valence-corrected chi connectivity index (χ4v) is 3.04. The summed E-state index contributed by atoms with van der Waals surface area (Å²) in [6.45, 7) is 5.78. The predicted octanol–water partition coefficient (Wildman–Crippen LogP) is 3.31. The van der Waals surface area contributed by atoms with Gasteiger partial charge >= 0.3 is 6.03 Å². The van der Waals surface area contributed by atoms with Crippen LogP contribution in [0, 0.1) is 6.92 Å². The second kappa shape index (κ2) is 7.92. The molecule has 7 heteroatoms. The first-order chi connectivity index (χ1) is 11.3. The van der Waals surface area contributed by atoms with E-state index in [2.05, 4.69) is 15.6 Å². The highest BCUT2D eigenvalue weighted by atomic mass is 32.1. The summed E-state index contributed by atoms with van der Waals surface area (Å²) >= 11 is 1.55. The average Bonchev–Trinajstić information content (AvgIpc) is 2.91. The van der Waals surface area contributed by atoms with Crippen LogP contribution < -0.4 is 10.6 Å². The van der Waals surface area contributed by atoms with Crippen molar-refractivity contribution in [2.24, 2.45) is 0 Å². The fourth-order valence-electron chi connectivity index (χ4n) is 2.22. The molecular weight excluding hydrogens is 324 g/mol. The normalized spacial score (nSPS) is 11.7. The van der Waals surface area contributed by atoms with Crippen LogP contribution in [0.5, 0.6) is 0 Å². The lowest BCUT2D eigenvalue weighted by molar-refractivity contribution is -0.114. The number of aromatic nitrogens is 1. The van der Waals surface area contributed by atoms with Crippen LogP contribution in [0.3, 0.4) is 0 Å². The van der Waals surface area contributed by atoms with Crippen molar-refractivity contribution in [2.45, 2.75) is 33.4 Å². The Hall–Kier alpha value is -2.41. The quantitative estimate of drug-likeness (QED) is 0.872. The Morgan fingerprint density at radius 2 is 2.12 bits per heavy atom. The first-order valence-corrected chi connectivity index (χ1v) is 8.53. The number of urea groups is 1. The van der Waals surface area contributed by atoms with E-state index >= 15 is 0 Å². The minimum absolute atomic E-state index is 0.123. The minimum Gasteiger partial charge on any atom is -0.331 e. The number of thiazole rings is 1.